The average Bonchev–Trinajstić information content (AvgIpc) is 2.03. The zero-order valence-electron chi connectivity index (χ0n) is 8.04. The monoisotopic (exact) mass is 197 g/mol. The number of aromatic amines is 1. The fourth-order valence-corrected chi connectivity index (χ4v) is 2.07. The van der Waals surface area contributed by atoms with Gasteiger partial charge in [-0.25, -0.2) is 0 Å². The van der Waals surface area contributed by atoms with Crippen LogP contribution in [0.5, 0.6) is 0 Å². The lowest BCUT2D eigenvalue weighted by Crippen LogP contribution is -2.03. The van der Waals surface area contributed by atoms with Crippen molar-refractivity contribution in [2.45, 2.75) is 25.3 Å². The Morgan fingerprint density at radius 3 is 2.85 bits per heavy atom. The van der Waals surface area contributed by atoms with Crippen LogP contribution < -0.4 is 5.56 Å². The van der Waals surface area contributed by atoms with Crippen LogP contribution in [0, 0.1) is 5.92 Å². The predicted molar refractivity (Wildman–Crippen MR) is 57.2 cm³/mol. The van der Waals surface area contributed by atoms with Gasteiger partial charge in [0.2, 0.25) is 5.56 Å². The number of H-pyrrole nitrogens is 1. The molecule has 0 saturated carbocycles. The third kappa shape index (κ3) is 4.18. The highest BCUT2D eigenvalue weighted by Crippen LogP contribution is 2.16. The minimum atomic E-state index is -0.0189. The van der Waals surface area contributed by atoms with Gasteiger partial charge in [-0.2, -0.15) is 0 Å². The summed E-state index contributed by atoms with van der Waals surface area (Å²) in [5, 5.41) is 0.966. The summed E-state index contributed by atoms with van der Waals surface area (Å²) >= 11 is 1.71. The predicted octanol–water partition coefficient (Wildman–Crippen LogP) is 2.51. The summed E-state index contributed by atoms with van der Waals surface area (Å²) in [5.41, 5.74) is -0.0189. The number of hydrogen-bond donors (Lipinski definition) is 1. The summed E-state index contributed by atoms with van der Waals surface area (Å²) in [5.74, 6) is 1.79. The lowest BCUT2D eigenvalue weighted by Gasteiger charge is -2.03. The van der Waals surface area contributed by atoms with Gasteiger partial charge in [0.15, 0.2) is 0 Å². The minimum Gasteiger partial charge on any atom is -0.317 e. The maximum atomic E-state index is 10.9. The second kappa shape index (κ2) is 5.12. The molecule has 0 saturated heterocycles. The smallest absolute Gasteiger partial charge is 0.248 e. The molecule has 1 aromatic rings. The topological polar surface area (TPSA) is 32.9 Å². The lowest BCUT2D eigenvalue weighted by atomic mass is 10.2. The number of rotatable bonds is 4. The van der Waals surface area contributed by atoms with Gasteiger partial charge in [-0.1, -0.05) is 19.9 Å². The van der Waals surface area contributed by atoms with Gasteiger partial charge >= 0.3 is 0 Å². The summed E-state index contributed by atoms with van der Waals surface area (Å²) in [4.78, 5) is 13.7. The van der Waals surface area contributed by atoms with Gasteiger partial charge < -0.3 is 4.98 Å². The molecule has 0 atom stereocenters. The van der Waals surface area contributed by atoms with Crippen LogP contribution in [0.25, 0.3) is 0 Å². The molecule has 72 valence electrons. The van der Waals surface area contributed by atoms with E-state index in [1.165, 1.54) is 12.5 Å². The molecule has 2 nitrogen and oxygen atoms in total. The first kappa shape index (κ1) is 10.4. The van der Waals surface area contributed by atoms with E-state index < -0.39 is 0 Å². The first-order valence-electron chi connectivity index (χ1n) is 4.50. The summed E-state index contributed by atoms with van der Waals surface area (Å²) in [7, 11) is 0. The molecule has 0 aromatic carbocycles. The number of pyridine rings is 1. The number of hydrogen-bond acceptors (Lipinski definition) is 2. The third-order valence-corrected chi connectivity index (χ3v) is 2.68. The molecule has 0 aliphatic rings. The van der Waals surface area contributed by atoms with E-state index in [9.17, 15) is 4.79 Å². The Labute approximate surface area is 82.8 Å². The van der Waals surface area contributed by atoms with Crippen molar-refractivity contribution in [1.82, 2.24) is 4.98 Å². The minimum absolute atomic E-state index is 0.0189. The van der Waals surface area contributed by atoms with Gasteiger partial charge in [0, 0.05) is 6.07 Å². The molecular formula is C10H15NOS. The molecule has 0 unspecified atom stereocenters. The largest absolute Gasteiger partial charge is 0.317 e. The Balaban J connectivity index is 2.41. The molecule has 1 rings (SSSR count). The van der Waals surface area contributed by atoms with E-state index in [1.807, 2.05) is 6.07 Å². The van der Waals surface area contributed by atoms with E-state index in [2.05, 4.69) is 18.8 Å². The van der Waals surface area contributed by atoms with E-state index in [-0.39, 0.29) is 5.56 Å². The van der Waals surface area contributed by atoms with Crippen molar-refractivity contribution in [1.29, 1.82) is 0 Å². The van der Waals surface area contributed by atoms with Gasteiger partial charge in [-0.05, 0) is 24.2 Å². The molecule has 1 aromatic heterocycles. The number of nitrogens with one attached hydrogen (secondary N) is 1. The van der Waals surface area contributed by atoms with E-state index in [4.69, 9.17) is 0 Å². The van der Waals surface area contributed by atoms with E-state index in [0.717, 1.165) is 16.7 Å². The van der Waals surface area contributed by atoms with Crippen LogP contribution in [0.1, 0.15) is 20.3 Å². The van der Waals surface area contributed by atoms with Crippen molar-refractivity contribution in [3.05, 3.63) is 28.6 Å². The normalized spacial score (nSPS) is 10.7. The molecule has 0 amide bonds. The molecule has 0 fully saturated rings. The molecule has 1 N–H and O–H groups in total. The Bertz CT molecular complexity index is 306. The van der Waals surface area contributed by atoms with Crippen molar-refractivity contribution >= 4 is 11.8 Å². The fourth-order valence-electron chi connectivity index (χ4n) is 0.916. The first-order valence-corrected chi connectivity index (χ1v) is 5.49. The van der Waals surface area contributed by atoms with E-state index in [0.29, 0.717) is 0 Å². The third-order valence-electron chi connectivity index (χ3n) is 1.69. The van der Waals surface area contributed by atoms with Gasteiger partial charge in [-0.3, -0.25) is 4.79 Å². The Morgan fingerprint density at radius 2 is 2.23 bits per heavy atom. The SMILES string of the molecule is CC(C)CCSc1cccc(=O)[nH]1. The molecule has 13 heavy (non-hydrogen) atoms. The van der Waals surface area contributed by atoms with Gasteiger partial charge in [0.25, 0.3) is 0 Å². The molecule has 0 spiro atoms. The van der Waals surface area contributed by atoms with Gasteiger partial charge in [0.05, 0.1) is 5.03 Å². The zero-order valence-corrected chi connectivity index (χ0v) is 8.86. The van der Waals surface area contributed by atoms with Crippen LogP contribution in [-0.4, -0.2) is 10.7 Å². The molecule has 0 aliphatic carbocycles. The number of aromatic nitrogens is 1. The average molecular weight is 197 g/mol. The Hall–Kier alpha value is -0.700. The summed E-state index contributed by atoms with van der Waals surface area (Å²) < 4.78 is 0. The van der Waals surface area contributed by atoms with Crippen LogP contribution in [0.4, 0.5) is 0 Å². The molecule has 0 bridgehead atoms. The van der Waals surface area contributed by atoms with Crippen molar-refractivity contribution in [3.63, 3.8) is 0 Å². The van der Waals surface area contributed by atoms with Crippen LogP contribution in [-0.2, 0) is 0 Å². The van der Waals surface area contributed by atoms with Crippen molar-refractivity contribution in [2.75, 3.05) is 5.75 Å². The van der Waals surface area contributed by atoms with Crippen LogP contribution in [0.15, 0.2) is 28.0 Å². The second-order valence-electron chi connectivity index (χ2n) is 3.41. The summed E-state index contributed by atoms with van der Waals surface area (Å²) in [6.45, 7) is 4.41. The summed E-state index contributed by atoms with van der Waals surface area (Å²) in [6, 6.07) is 5.26. The van der Waals surface area contributed by atoms with Gasteiger partial charge in [0.1, 0.15) is 0 Å². The molecular weight excluding hydrogens is 182 g/mol. The molecule has 0 radical (unpaired) electrons. The maximum absolute atomic E-state index is 10.9. The van der Waals surface area contributed by atoms with Crippen LogP contribution in [0.3, 0.4) is 0 Å². The highest BCUT2D eigenvalue weighted by atomic mass is 32.2. The lowest BCUT2D eigenvalue weighted by molar-refractivity contribution is 0.632. The van der Waals surface area contributed by atoms with Gasteiger partial charge in [-0.15, -0.1) is 11.8 Å². The molecule has 0 aliphatic heterocycles. The number of thioether (sulfide) groups is 1. The fraction of sp³-hybridized carbons (Fsp3) is 0.500. The maximum Gasteiger partial charge on any atom is 0.248 e. The second-order valence-corrected chi connectivity index (χ2v) is 4.55. The highest BCUT2D eigenvalue weighted by molar-refractivity contribution is 7.99. The van der Waals surface area contributed by atoms with Crippen molar-refractivity contribution in [2.24, 2.45) is 5.92 Å². The van der Waals surface area contributed by atoms with Crippen molar-refractivity contribution in [3.8, 4) is 0 Å². The molecule has 1 heterocycles. The van der Waals surface area contributed by atoms with E-state index >= 15 is 0 Å². The Morgan fingerprint density at radius 1 is 1.46 bits per heavy atom. The van der Waals surface area contributed by atoms with Crippen LogP contribution in [0.2, 0.25) is 0 Å². The Kier molecular flexibility index (Phi) is 4.09. The van der Waals surface area contributed by atoms with Crippen molar-refractivity contribution < 1.29 is 0 Å². The van der Waals surface area contributed by atoms with E-state index in [1.54, 1.807) is 17.8 Å². The van der Waals surface area contributed by atoms with Crippen LogP contribution >= 0.6 is 11.8 Å². The molecule has 3 heteroatoms. The first-order chi connectivity index (χ1) is 6.18. The zero-order chi connectivity index (χ0) is 9.68. The summed E-state index contributed by atoms with van der Waals surface area (Å²) in [6.07, 6.45) is 1.18. The highest BCUT2D eigenvalue weighted by Gasteiger charge is 1.96. The standard InChI is InChI=1S/C10H15NOS/c1-8(2)6-7-13-10-5-3-4-9(12)11-10/h3-5,8H,6-7H2,1-2H3,(H,11,12). The quantitative estimate of drug-likeness (QED) is 0.752.